The van der Waals surface area contributed by atoms with Gasteiger partial charge in [-0.05, 0) is 24.3 Å². The summed E-state index contributed by atoms with van der Waals surface area (Å²) in [6.45, 7) is 0.353. The minimum absolute atomic E-state index is 0.0135. The van der Waals surface area contributed by atoms with Gasteiger partial charge in [0.15, 0.2) is 11.2 Å². The van der Waals surface area contributed by atoms with Crippen LogP contribution in [-0.2, 0) is 13.0 Å². The van der Waals surface area contributed by atoms with Crippen molar-refractivity contribution in [2.24, 2.45) is 5.92 Å². The Bertz CT molecular complexity index is 1070. The van der Waals surface area contributed by atoms with Gasteiger partial charge in [-0.15, -0.1) is 0 Å². The van der Waals surface area contributed by atoms with Crippen LogP contribution in [0.4, 0.5) is 5.69 Å². The second kappa shape index (κ2) is 5.69. The second-order valence-corrected chi connectivity index (χ2v) is 6.29. The summed E-state index contributed by atoms with van der Waals surface area (Å²) in [7, 11) is 0. The Morgan fingerprint density at radius 1 is 1.20 bits per heavy atom. The van der Waals surface area contributed by atoms with Gasteiger partial charge in [0.2, 0.25) is 0 Å². The third-order valence-corrected chi connectivity index (χ3v) is 4.38. The number of nitro groups is 1. The highest BCUT2D eigenvalue weighted by Crippen LogP contribution is 2.33. The van der Waals surface area contributed by atoms with Crippen LogP contribution in [0.25, 0.3) is 11.2 Å². The molecule has 0 spiro atoms. The van der Waals surface area contributed by atoms with Gasteiger partial charge in [-0.3, -0.25) is 24.9 Å². The van der Waals surface area contributed by atoms with E-state index in [1.807, 2.05) is 0 Å². The molecule has 4 rings (SSSR count). The molecule has 2 aromatic heterocycles. The highest BCUT2D eigenvalue weighted by Gasteiger charge is 2.25. The summed E-state index contributed by atoms with van der Waals surface area (Å²) in [6, 6.07) is 6.18. The maximum atomic E-state index is 12.2. The normalized spacial score (nSPS) is 14.1. The van der Waals surface area contributed by atoms with E-state index in [1.54, 1.807) is 16.7 Å². The molecule has 128 valence electrons. The number of fused-ring (bicyclic) bond motifs is 1. The molecule has 1 saturated carbocycles. The number of rotatable bonds is 5. The van der Waals surface area contributed by atoms with E-state index in [9.17, 15) is 19.7 Å². The molecule has 9 nitrogen and oxygen atoms in total. The zero-order valence-corrected chi connectivity index (χ0v) is 13.2. The zero-order valence-electron chi connectivity index (χ0n) is 13.2. The number of aromatic nitrogens is 4. The van der Waals surface area contributed by atoms with Crippen LogP contribution in [0.1, 0.15) is 24.2 Å². The van der Waals surface area contributed by atoms with Gasteiger partial charge in [-0.2, -0.15) is 0 Å². The molecular weight excluding hydrogens is 326 g/mol. The second-order valence-electron chi connectivity index (χ2n) is 6.29. The minimum atomic E-state index is -0.588. The predicted octanol–water partition coefficient (Wildman–Crippen LogP) is 1.32. The SMILES string of the molecule is O=c1[nH]c(=O)c2c(nc(CC3CC3)n2Cc2ccc([N+](=O)[O-])cc2)[nH]1. The summed E-state index contributed by atoms with van der Waals surface area (Å²) >= 11 is 0. The van der Waals surface area contributed by atoms with Crippen LogP contribution in [0.2, 0.25) is 0 Å². The van der Waals surface area contributed by atoms with Crippen molar-refractivity contribution in [3.05, 3.63) is 66.6 Å². The topological polar surface area (TPSA) is 127 Å². The highest BCUT2D eigenvalue weighted by molar-refractivity contribution is 5.70. The Hall–Kier alpha value is -3.23. The van der Waals surface area contributed by atoms with Crippen LogP contribution in [0.3, 0.4) is 0 Å². The minimum Gasteiger partial charge on any atom is -0.318 e. The quantitative estimate of drug-likeness (QED) is 0.534. The largest absolute Gasteiger partial charge is 0.327 e. The number of non-ortho nitro benzene ring substituents is 1. The van der Waals surface area contributed by atoms with E-state index in [2.05, 4.69) is 15.0 Å². The molecule has 0 atom stereocenters. The molecular formula is C16H15N5O4. The first-order chi connectivity index (χ1) is 12.0. The van der Waals surface area contributed by atoms with Gasteiger partial charge >= 0.3 is 5.69 Å². The first-order valence-electron chi connectivity index (χ1n) is 7.96. The number of hydrogen-bond acceptors (Lipinski definition) is 5. The highest BCUT2D eigenvalue weighted by atomic mass is 16.6. The Morgan fingerprint density at radius 2 is 1.92 bits per heavy atom. The fourth-order valence-electron chi connectivity index (χ4n) is 2.93. The zero-order chi connectivity index (χ0) is 17.6. The third kappa shape index (κ3) is 2.95. The van der Waals surface area contributed by atoms with Gasteiger partial charge in [0.1, 0.15) is 5.82 Å². The van der Waals surface area contributed by atoms with Crippen molar-refractivity contribution in [3.63, 3.8) is 0 Å². The van der Waals surface area contributed by atoms with Gasteiger partial charge in [-0.25, -0.2) is 9.78 Å². The van der Waals surface area contributed by atoms with Crippen LogP contribution in [-0.4, -0.2) is 24.4 Å². The lowest BCUT2D eigenvalue weighted by Crippen LogP contribution is -2.23. The number of imidazole rings is 1. The molecule has 0 unspecified atom stereocenters. The first kappa shape index (κ1) is 15.3. The monoisotopic (exact) mass is 341 g/mol. The van der Waals surface area contributed by atoms with Gasteiger partial charge in [0.25, 0.3) is 11.2 Å². The maximum absolute atomic E-state index is 12.2. The standard InChI is InChI=1S/C16H15N5O4/c22-15-13-14(18-16(23)19-15)17-12(7-9-1-2-9)20(13)8-10-3-5-11(6-4-10)21(24)25/h3-6,9H,1-2,7-8H2,(H2,18,19,22,23). The van der Waals surface area contributed by atoms with Crippen molar-refractivity contribution >= 4 is 16.9 Å². The molecule has 25 heavy (non-hydrogen) atoms. The smallest absolute Gasteiger partial charge is 0.318 e. The van der Waals surface area contributed by atoms with Gasteiger partial charge < -0.3 is 4.57 Å². The molecule has 1 aliphatic rings. The van der Waals surface area contributed by atoms with Crippen molar-refractivity contribution in [2.45, 2.75) is 25.8 Å². The van der Waals surface area contributed by atoms with Crippen molar-refractivity contribution < 1.29 is 4.92 Å². The molecule has 1 fully saturated rings. The summed E-state index contributed by atoms with van der Waals surface area (Å²) < 4.78 is 1.78. The summed E-state index contributed by atoms with van der Waals surface area (Å²) in [6.07, 6.45) is 3.00. The molecule has 0 radical (unpaired) electrons. The Balaban J connectivity index is 1.79. The Morgan fingerprint density at radius 3 is 2.56 bits per heavy atom. The molecule has 0 saturated heterocycles. The number of H-pyrrole nitrogens is 2. The van der Waals surface area contributed by atoms with Crippen LogP contribution in [0.5, 0.6) is 0 Å². The first-order valence-corrected chi connectivity index (χ1v) is 7.96. The summed E-state index contributed by atoms with van der Waals surface area (Å²) in [5.74, 6) is 1.29. The molecule has 1 aromatic carbocycles. The van der Waals surface area contributed by atoms with Gasteiger partial charge in [0.05, 0.1) is 4.92 Å². The molecule has 0 bridgehead atoms. The summed E-state index contributed by atoms with van der Waals surface area (Å²) in [5.41, 5.74) is 0.331. The number of hydrogen-bond donors (Lipinski definition) is 2. The maximum Gasteiger partial charge on any atom is 0.327 e. The van der Waals surface area contributed by atoms with Gasteiger partial charge in [0, 0.05) is 25.1 Å². The fourth-order valence-corrected chi connectivity index (χ4v) is 2.93. The number of nitrogens with one attached hydrogen (secondary N) is 2. The van der Waals surface area contributed by atoms with E-state index in [0.717, 1.165) is 30.7 Å². The van der Waals surface area contributed by atoms with Crippen LogP contribution < -0.4 is 11.2 Å². The molecule has 0 aliphatic heterocycles. The van der Waals surface area contributed by atoms with Crippen LogP contribution in [0, 0.1) is 16.0 Å². The van der Waals surface area contributed by atoms with Crippen LogP contribution in [0.15, 0.2) is 33.9 Å². The Labute approximate surface area is 140 Å². The molecule has 9 heteroatoms. The molecule has 0 amide bonds. The van der Waals surface area contributed by atoms with E-state index in [1.165, 1.54) is 12.1 Å². The molecule has 1 aliphatic carbocycles. The lowest BCUT2D eigenvalue weighted by Gasteiger charge is -2.08. The van der Waals surface area contributed by atoms with Crippen molar-refractivity contribution in [2.75, 3.05) is 0 Å². The van der Waals surface area contributed by atoms with E-state index in [4.69, 9.17) is 0 Å². The van der Waals surface area contributed by atoms with Crippen molar-refractivity contribution in [1.82, 2.24) is 19.5 Å². The van der Waals surface area contributed by atoms with Crippen molar-refractivity contribution in [3.8, 4) is 0 Å². The molecule has 3 aromatic rings. The lowest BCUT2D eigenvalue weighted by molar-refractivity contribution is -0.384. The molecule has 2 heterocycles. The van der Waals surface area contributed by atoms with E-state index < -0.39 is 16.2 Å². The fraction of sp³-hybridized carbons (Fsp3) is 0.312. The van der Waals surface area contributed by atoms with Crippen molar-refractivity contribution in [1.29, 1.82) is 0 Å². The number of nitro benzene ring substituents is 1. The number of aromatic amines is 2. The summed E-state index contributed by atoms with van der Waals surface area (Å²) in [5, 5.41) is 10.8. The molecule has 2 N–H and O–H groups in total. The Kier molecular flexibility index (Phi) is 3.48. The lowest BCUT2D eigenvalue weighted by atomic mass is 10.2. The average Bonchev–Trinajstić information content (AvgIpc) is 3.30. The summed E-state index contributed by atoms with van der Waals surface area (Å²) in [4.78, 5) is 43.3. The van der Waals surface area contributed by atoms with Gasteiger partial charge in [-0.1, -0.05) is 12.1 Å². The van der Waals surface area contributed by atoms with Crippen LogP contribution >= 0.6 is 0 Å². The van der Waals surface area contributed by atoms with E-state index in [0.29, 0.717) is 18.0 Å². The predicted molar refractivity (Wildman–Crippen MR) is 89.6 cm³/mol. The van der Waals surface area contributed by atoms with E-state index >= 15 is 0 Å². The third-order valence-electron chi connectivity index (χ3n) is 4.38. The number of benzene rings is 1. The number of nitrogens with zero attached hydrogens (tertiary/aromatic N) is 3. The van der Waals surface area contributed by atoms with E-state index in [-0.39, 0.29) is 11.3 Å². The average molecular weight is 341 g/mol.